The van der Waals surface area contributed by atoms with Crippen molar-refractivity contribution in [2.24, 2.45) is 5.92 Å². The van der Waals surface area contributed by atoms with Crippen molar-refractivity contribution >= 4 is 23.6 Å². The molecule has 1 aliphatic carbocycles. The van der Waals surface area contributed by atoms with Gasteiger partial charge in [0.2, 0.25) is 0 Å². The molecule has 46 heavy (non-hydrogen) atoms. The SMILES string of the molecule is Cc1nc2c(OCC3CCCCC3)cccn2c1C(=O)NC(CNC(=O)OC(C)(C)C)c1ccc(F)c(F)c1.O=C(O)C(F)(F)F. The molecule has 252 valence electrons. The van der Waals surface area contributed by atoms with E-state index in [0.717, 1.165) is 25.0 Å². The van der Waals surface area contributed by atoms with E-state index in [0.29, 0.717) is 29.6 Å². The van der Waals surface area contributed by atoms with E-state index in [1.165, 1.54) is 25.3 Å². The van der Waals surface area contributed by atoms with Crippen molar-refractivity contribution in [1.82, 2.24) is 20.0 Å². The van der Waals surface area contributed by atoms with Gasteiger partial charge in [0.05, 0.1) is 18.3 Å². The molecule has 15 heteroatoms. The number of carbonyl (C=O) groups excluding carboxylic acids is 2. The van der Waals surface area contributed by atoms with Crippen LogP contribution in [-0.2, 0) is 9.53 Å². The van der Waals surface area contributed by atoms with Crippen molar-refractivity contribution in [3.63, 3.8) is 0 Å². The third-order valence-electron chi connectivity index (χ3n) is 6.95. The number of fused-ring (bicyclic) bond motifs is 1. The number of carboxylic acids is 1. The second-order valence-electron chi connectivity index (χ2n) is 11.8. The fourth-order valence-corrected chi connectivity index (χ4v) is 4.81. The minimum atomic E-state index is -5.08. The lowest BCUT2D eigenvalue weighted by Crippen LogP contribution is -2.40. The number of aliphatic carboxylic acids is 1. The summed E-state index contributed by atoms with van der Waals surface area (Å²) in [5, 5.41) is 12.6. The minimum Gasteiger partial charge on any atom is -0.489 e. The van der Waals surface area contributed by atoms with Gasteiger partial charge in [-0.05, 0) is 76.3 Å². The maximum absolute atomic E-state index is 14.1. The van der Waals surface area contributed by atoms with Crippen LogP contribution in [0.2, 0.25) is 0 Å². The van der Waals surface area contributed by atoms with Crippen molar-refractivity contribution in [2.45, 2.75) is 77.6 Å². The Kier molecular flexibility index (Phi) is 11.9. The van der Waals surface area contributed by atoms with E-state index in [2.05, 4.69) is 15.6 Å². The second kappa shape index (κ2) is 15.2. The Balaban J connectivity index is 0.000000738. The summed E-state index contributed by atoms with van der Waals surface area (Å²) in [6.07, 6.45) is 1.93. The first-order chi connectivity index (χ1) is 21.5. The molecule has 1 fully saturated rings. The number of nitrogens with zero attached hydrogens (tertiary/aromatic N) is 2. The number of carboxylic acid groups (broad SMARTS) is 1. The molecule has 1 unspecified atom stereocenters. The molecule has 3 N–H and O–H groups in total. The highest BCUT2D eigenvalue weighted by molar-refractivity contribution is 5.95. The number of carbonyl (C=O) groups is 3. The third-order valence-corrected chi connectivity index (χ3v) is 6.95. The lowest BCUT2D eigenvalue weighted by Gasteiger charge is -2.23. The third kappa shape index (κ3) is 10.3. The van der Waals surface area contributed by atoms with E-state index in [-0.39, 0.29) is 17.8 Å². The van der Waals surface area contributed by atoms with Crippen LogP contribution in [-0.4, -0.2) is 57.4 Å². The molecule has 1 aliphatic rings. The van der Waals surface area contributed by atoms with Crippen LogP contribution in [0.25, 0.3) is 5.65 Å². The summed E-state index contributed by atoms with van der Waals surface area (Å²) in [7, 11) is 0. The first-order valence-electron chi connectivity index (χ1n) is 14.6. The number of hydrogen-bond acceptors (Lipinski definition) is 6. The van der Waals surface area contributed by atoms with Crippen molar-refractivity contribution in [3.8, 4) is 5.75 Å². The van der Waals surface area contributed by atoms with Crippen LogP contribution in [0.1, 0.15) is 80.7 Å². The average Bonchev–Trinajstić information content (AvgIpc) is 3.31. The van der Waals surface area contributed by atoms with E-state index < -0.39 is 47.4 Å². The maximum Gasteiger partial charge on any atom is 0.490 e. The summed E-state index contributed by atoms with van der Waals surface area (Å²) < 4.78 is 72.5. The molecule has 2 heterocycles. The number of halogens is 5. The molecule has 10 nitrogen and oxygen atoms in total. The summed E-state index contributed by atoms with van der Waals surface area (Å²) in [5.41, 5.74) is 0.826. The standard InChI is InChI=1S/C29H36F2N4O4.C2HF3O2/c1-18-25(35-14-8-11-24(26(35)33-18)38-17-19-9-6-5-7-10-19)27(36)34-23(16-32-28(37)39-29(2,3)4)20-12-13-21(30)22(31)15-20;3-2(4,5)1(6)7/h8,11-15,19,23H,5-7,9-10,16-17H2,1-4H3,(H,32,37)(H,34,36);(H,6,7). The Morgan fingerprint density at radius 3 is 2.30 bits per heavy atom. The molecule has 0 saturated heterocycles. The smallest absolute Gasteiger partial charge is 0.489 e. The van der Waals surface area contributed by atoms with Gasteiger partial charge in [-0.25, -0.2) is 23.4 Å². The normalized spacial score (nSPS) is 14.5. The van der Waals surface area contributed by atoms with Crippen LogP contribution in [0.4, 0.5) is 26.7 Å². The first-order valence-corrected chi connectivity index (χ1v) is 14.6. The molecule has 0 aliphatic heterocycles. The number of rotatable bonds is 8. The van der Waals surface area contributed by atoms with Gasteiger partial charge >= 0.3 is 18.2 Å². The Bertz CT molecular complexity index is 1530. The summed E-state index contributed by atoms with van der Waals surface area (Å²) in [4.78, 5) is 39.3. The Hall–Kier alpha value is -4.43. The van der Waals surface area contributed by atoms with E-state index in [1.807, 2.05) is 6.07 Å². The van der Waals surface area contributed by atoms with E-state index in [4.69, 9.17) is 19.4 Å². The number of imidazole rings is 1. The van der Waals surface area contributed by atoms with Gasteiger partial charge in [0.25, 0.3) is 5.91 Å². The fraction of sp³-hybridized carbons (Fsp3) is 0.484. The number of aromatic nitrogens is 2. The Morgan fingerprint density at radius 2 is 1.72 bits per heavy atom. The molecule has 0 bridgehead atoms. The number of benzene rings is 1. The number of pyridine rings is 1. The van der Waals surface area contributed by atoms with Crippen molar-refractivity contribution in [2.75, 3.05) is 13.2 Å². The molecular formula is C31H37F5N4O6. The van der Waals surface area contributed by atoms with Crippen LogP contribution in [0.3, 0.4) is 0 Å². The van der Waals surface area contributed by atoms with Crippen LogP contribution >= 0.6 is 0 Å². The van der Waals surface area contributed by atoms with Gasteiger partial charge in [-0.3, -0.25) is 9.20 Å². The molecule has 3 aromatic rings. The summed E-state index contributed by atoms with van der Waals surface area (Å²) in [5.74, 6) is -4.23. The lowest BCUT2D eigenvalue weighted by molar-refractivity contribution is -0.192. The largest absolute Gasteiger partial charge is 0.490 e. The van der Waals surface area contributed by atoms with Crippen LogP contribution in [0.15, 0.2) is 36.5 Å². The van der Waals surface area contributed by atoms with Gasteiger partial charge in [0, 0.05) is 12.7 Å². The second-order valence-corrected chi connectivity index (χ2v) is 11.8. The quantitative estimate of drug-likeness (QED) is 0.236. The zero-order valence-electron chi connectivity index (χ0n) is 25.8. The predicted molar refractivity (Wildman–Crippen MR) is 156 cm³/mol. The number of alkyl halides is 3. The molecule has 2 amide bonds. The topological polar surface area (TPSA) is 131 Å². The first kappa shape index (κ1) is 36.0. The van der Waals surface area contributed by atoms with Crippen LogP contribution in [0, 0.1) is 24.5 Å². The van der Waals surface area contributed by atoms with Crippen molar-refractivity contribution in [3.05, 3.63) is 65.1 Å². The highest BCUT2D eigenvalue weighted by Gasteiger charge is 2.38. The number of aryl methyl sites for hydroxylation is 1. The zero-order valence-corrected chi connectivity index (χ0v) is 25.8. The summed E-state index contributed by atoms with van der Waals surface area (Å²) >= 11 is 0. The van der Waals surface area contributed by atoms with Gasteiger partial charge in [-0.1, -0.05) is 25.3 Å². The number of ether oxygens (including phenoxy) is 2. The number of hydrogen-bond donors (Lipinski definition) is 3. The van der Waals surface area contributed by atoms with Gasteiger partial charge in [-0.2, -0.15) is 13.2 Å². The monoisotopic (exact) mass is 656 g/mol. The van der Waals surface area contributed by atoms with Crippen molar-refractivity contribution in [1.29, 1.82) is 0 Å². The van der Waals surface area contributed by atoms with Crippen molar-refractivity contribution < 1.29 is 50.9 Å². The molecule has 0 radical (unpaired) electrons. The van der Waals surface area contributed by atoms with Crippen LogP contribution in [0.5, 0.6) is 5.75 Å². The molecule has 1 saturated carbocycles. The predicted octanol–water partition coefficient (Wildman–Crippen LogP) is 6.51. The van der Waals surface area contributed by atoms with Gasteiger partial charge in [-0.15, -0.1) is 0 Å². The number of nitrogens with one attached hydrogen (secondary N) is 2. The highest BCUT2D eigenvalue weighted by Crippen LogP contribution is 2.27. The average molecular weight is 657 g/mol. The summed E-state index contributed by atoms with van der Waals surface area (Å²) in [6.45, 7) is 7.38. The Labute approximate surface area is 262 Å². The van der Waals surface area contributed by atoms with Crippen LogP contribution < -0.4 is 15.4 Å². The molecular weight excluding hydrogens is 619 g/mol. The van der Waals surface area contributed by atoms with E-state index in [9.17, 15) is 31.5 Å². The molecule has 2 aromatic heterocycles. The lowest BCUT2D eigenvalue weighted by atomic mass is 9.90. The molecule has 1 aromatic carbocycles. The number of amides is 2. The fourth-order valence-electron chi connectivity index (χ4n) is 4.81. The molecule has 4 rings (SSSR count). The highest BCUT2D eigenvalue weighted by atomic mass is 19.4. The van der Waals surface area contributed by atoms with E-state index in [1.54, 1.807) is 44.4 Å². The summed E-state index contributed by atoms with van der Waals surface area (Å²) in [6, 6.07) is 6.08. The van der Waals surface area contributed by atoms with E-state index >= 15 is 0 Å². The zero-order chi connectivity index (χ0) is 34.2. The van der Waals surface area contributed by atoms with Gasteiger partial charge in [0.15, 0.2) is 23.0 Å². The number of alkyl carbamates (subject to hydrolysis) is 1. The Morgan fingerprint density at radius 1 is 1.07 bits per heavy atom. The maximum atomic E-state index is 14.1. The molecule has 0 spiro atoms. The molecule has 1 atom stereocenters. The van der Waals surface area contributed by atoms with Gasteiger partial charge < -0.3 is 25.2 Å². The minimum absolute atomic E-state index is 0.114. The van der Waals surface area contributed by atoms with Gasteiger partial charge in [0.1, 0.15) is 11.3 Å².